The van der Waals surface area contributed by atoms with Gasteiger partial charge >= 0.3 is 0 Å². The Morgan fingerprint density at radius 3 is 1.92 bits per heavy atom. The van der Waals surface area contributed by atoms with Crippen LogP contribution < -0.4 is 10.1 Å². The molecule has 0 saturated heterocycles. The lowest BCUT2D eigenvalue weighted by Crippen LogP contribution is -2.03. The summed E-state index contributed by atoms with van der Waals surface area (Å²) < 4.78 is 5.18. The molecule has 0 radical (unpaired) electrons. The van der Waals surface area contributed by atoms with Crippen LogP contribution in [0.2, 0.25) is 0 Å². The molecule has 0 aromatic heterocycles. The van der Waals surface area contributed by atoms with Crippen molar-refractivity contribution in [1.29, 1.82) is 0 Å². The molecule has 0 heterocycles. The summed E-state index contributed by atoms with van der Waals surface area (Å²) in [5.41, 5.74) is 3.24. The van der Waals surface area contributed by atoms with Gasteiger partial charge in [0.05, 0.1) is 7.11 Å². The maximum atomic E-state index is 12.6. The van der Waals surface area contributed by atoms with Gasteiger partial charge in [0.2, 0.25) is 0 Å². The van der Waals surface area contributed by atoms with E-state index in [2.05, 4.69) is 5.32 Å². The zero-order chi connectivity index (χ0) is 17.5. The van der Waals surface area contributed by atoms with E-state index in [0.717, 1.165) is 22.7 Å². The van der Waals surface area contributed by atoms with Crippen LogP contribution in [0.1, 0.15) is 15.9 Å². The van der Waals surface area contributed by atoms with E-state index < -0.39 is 0 Å². The standard InChI is InChI=1S/C22H19NO2/c1-25-20-14-12-19(13-15-20)23-21(17-8-4-2-5-9-17)16-22(24)18-10-6-3-7-11-18/h2-16,23H,1H3/b21-16-. The number of ketones is 1. The number of allylic oxidation sites excluding steroid dienone is 1. The van der Waals surface area contributed by atoms with Crippen molar-refractivity contribution < 1.29 is 9.53 Å². The normalized spacial score (nSPS) is 11.0. The molecule has 124 valence electrons. The van der Waals surface area contributed by atoms with Crippen molar-refractivity contribution in [2.75, 3.05) is 12.4 Å². The monoisotopic (exact) mass is 329 g/mol. The molecule has 3 aromatic carbocycles. The first-order valence-corrected chi connectivity index (χ1v) is 8.04. The number of methoxy groups -OCH3 is 1. The molecule has 1 N–H and O–H groups in total. The average molecular weight is 329 g/mol. The highest BCUT2D eigenvalue weighted by atomic mass is 16.5. The van der Waals surface area contributed by atoms with Crippen LogP contribution in [0, 0.1) is 0 Å². The van der Waals surface area contributed by atoms with E-state index in [1.165, 1.54) is 0 Å². The summed E-state index contributed by atoms with van der Waals surface area (Å²) in [7, 11) is 1.64. The smallest absolute Gasteiger partial charge is 0.187 e. The van der Waals surface area contributed by atoms with Crippen molar-refractivity contribution in [3.8, 4) is 5.75 Å². The number of anilines is 1. The van der Waals surface area contributed by atoms with E-state index in [4.69, 9.17) is 4.74 Å². The Morgan fingerprint density at radius 2 is 1.36 bits per heavy atom. The largest absolute Gasteiger partial charge is 0.497 e. The van der Waals surface area contributed by atoms with Gasteiger partial charge in [-0.1, -0.05) is 60.7 Å². The fourth-order valence-corrected chi connectivity index (χ4v) is 2.46. The highest BCUT2D eigenvalue weighted by Gasteiger charge is 2.07. The first-order chi connectivity index (χ1) is 12.3. The van der Waals surface area contributed by atoms with Gasteiger partial charge in [-0.15, -0.1) is 0 Å². The predicted octanol–water partition coefficient (Wildman–Crippen LogP) is 5.03. The molecular weight excluding hydrogens is 310 g/mol. The lowest BCUT2D eigenvalue weighted by Gasteiger charge is -2.12. The average Bonchev–Trinajstić information content (AvgIpc) is 2.69. The molecular formula is C22H19NO2. The minimum absolute atomic E-state index is 0.0412. The minimum atomic E-state index is -0.0412. The first kappa shape index (κ1) is 16.5. The van der Waals surface area contributed by atoms with Crippen molar-refractivity contribution in [2.24, 2.45) is 0 Å². The van der Waals surface area contributed by atoms with Gasteiger partial charge in [-0.2, -0.15) is 0 Å². The quantitative estimate of drug-likeness (QED) is 0.509. The van der Waals surface area contributed by atoms with Crippen molar-refractivity contribution in [3.05, 3.63) is 102 Å². The number of carbonyl (C=O) groups is 1. The van der Waals surface area contributed by atoms with E-state index in [-0.39, 0.29) is 5.78 Å². The van der Waals surface area contributed by atoms with Crippen LogP contribution in [-0.4, -0.2) is 12.9 Å². The number of benzene rings is 3. The Bertz CT molecular complexity index is 854. The van der Waals surface area contributed by atoms with Gasteiger partial charge in [0.15, 0.2) is 5.78 Å². The second-order valence-electron chi connectivity index (χ2n) is 5.51. The Hall–Kier alpha value is -3.33. The number of rotatable bonds is 6. The highest BCUT2D eigenvalue weighted by molar-refractivity contribution is 6.09. The van der Waals surface area contributed by atoms with Crippen molar-refractivity contribution in [1.82, 2.24) is 0 Å². The third kappa shape index (κ3) is 4.36. The maximum Gasteiger partial charge on any atom is 0.187 e. The van der Waals surface area contributed by atoms with Gasteiger partial charge < -0.3 is 10.1 Å². The summed E-state index contributed by atoms with van der Waals surface area (Å²) in [5, 5.41) is 3.33. The van der Waals surface area contributed by atoms with Crippen molar-refractivity contribution in [3.63, 3.8) is 0 Å². The Kier molecular flexibility index (Phi) is 5.27. The zero-order valence-electron chi connectivity index (χ0n) is 14.0. The Labute approximate surface area is 147 Å². The summed E-state index contributed by atoms with van der Waals surface area (Å²) in [6, 6.07) is 26.6. The summed E-state index contributed by atoms with van der Waals surface area (Å²) in [6.45, 7) is 0. The summed E-state index contributed by atoms with van der Waals surface area (Å²) in [6.07, 6.45) is 1.63. The van der Waals surface area contributed by atoms with Gasteiger partial charge in [-0.05, 0) is 29.8 Å². The number of hydrogen-bond acceptors (Lipinski definition) is 3. The predicted molar refractivity (Wildman–Crippen MR) is 102 cm³/mol. The second-order valence-corrected chi connectivity index (χ2v) is 5.51. The topological polar surface area (TPSA) is 38.3 Å². The fraction of sp³-hybridized carbons (Fsp3) is 0.0455. The van der Waals surface area contributed by atoms with Crippen LogP contribution in [0.3, 0.4) is 0 Å². The van der Waals surface area contributed by atoms with Crippen LogP contribution in [0.4, 0.5) is 5.69 Å². The van der Waals surface area contributed by atoms with Gasteiger partial charge in [0.1, 0.15) is 5.75 Å². The molecule has 0 saturated carbocycles. The third-order valence-corrected chi connectivity index (χ3v) is 3.79. The molecule has 0 atom stereocenters. The fourth-order valence-electron chi connectivity index (χ4n) is 2.46. The van der Waals surface area contributed by atoms with Crippen LogP contribution in [0.25, 0.3) is 5.70 Å². The molecule has 0 aliphatic rings. The lowest BCUT2D eigenvalue weighted by molar-refractivity contribution is 0.104. The van der Waals surface area contributed by atoms with Gasteiger partial charge in [-0.3, -0.25) is 4.79 Å². The van der Waals surface area contributed by atoms with Crippen molar-refractivity contribution in [2.45, 2.75) is 0 Å². The van der Waals surface area contributed by atoms with E-state index >= 15 is 0 Å². The van der Waals surface area contributed by atoms with Crippen LogP contribution in [0.15, 0.2) is 91.0 Å². The van der Waals surface area contributed by atoms with Crippen molar-refractivity contribution >= 4 is 17.2 Å². The molecule has 3 heteroatoms. The first-order valence-electron chi connectivity index (χ1n) is 8.04. The minimum Gasteiger partial charge on any atom is -0.497 e. The second kappa shape index (κ2) is 7.97. The van der Waals surface area contributed by atoms with Crippen LogP contribution in [0.5, 0.6) is 5.75 Å². The SMILES string of the molecule is COc1ccc(N/C(=C\C(=O)c2ccccc2)c2ccccc2)cc1. The summed E-state index contributed by atoms with van der Waals surface area (Å²) >= 11 is 0. The number of hydrogen-bond donors (Lipinski definition) is 1. The number of nitrogens with one attached hydrogen (secondary N) is 1. The van der Waals surface area contributed by atoms with Crippen LogP contribution in [-0.2, 0) is 0 Å². The molecule has 0 amide bonds. The van der Waals surface area contributed by atoms with E-state index in [1.54, 1.807) is 13.2 Å². The van der Waals surface area contributed by atoms with Crippen LogP contribution >= 0.6 is 0 Å². The maximum absolute atomic E-state index is 12.6. The molecule has 0 bridgehead atoms. The Morgan fingerprint density at radius 1 is 0.800 bits per heavy atom. The molecule has 0 aliphatic heterocycles. The van der Waals surface area contributed by atoms with E-state index in [9.17, 15) is 4.79 Å². The van der Waals surface area contributed by atoms with Gasteiger partial charge in [0.25, 0.3) is 0 Å². The molecule has 3 nitrogen and oxygen atoms in total. The Balaban J connectivity index is 1.92. The zero-order valence-corrected chi connectivity index (χ0v) is 14.0. The molecule has 3 rings (SSSR count). The lowest BCUT2D eigenvalue weighted by atomic mass is 10.1. The van der Waals surface area contributed by atoms with E-state index in [0.29, 0.717) is 5.56 Å². The van der Waals surface area contributed by atoms with E-state index in [1.807, 2.05) is 84.9 Å². The molecule has 25 heavy (non-hydrogen) atoms. The molecule has 0 spiro atoms. The molecule has 0 aliphatic carbocycles. The summed E-state index contributed by atoms with van der Waals surface area (Å²) in [5.74, 6) is 0.747. The molecule has 0 fully saturated rings. The molecule has 0 unspecified atom stereocenters. The number of ether oxygens (including phenoxy) is 1. The van der Waals surface area contributed by atoms with Gasteiger partial charge in [0, 0.05) is 23.0 Å². The molecule has 3 aromatic rings. The van der Waals surface area contributed by atoms with Gasteiger partial charge in [-0.25, -0.2) is 0 Å². The number of carbonyl (C=O) groups excluding carboxylic acids is 1. The highest BCUT2D eigenvalue weighted by Crippen LogP contribution is 2.21. The summed E-state index contributed by atoms with van der Waals surface area (Å²) in [4.78, 5) is 12.6. The third-order valence-electron chi connectivity index (χ3n) is 3.79.